The van der Waals surface area contributed by atoms with Crippen molar-refractivity contribution < 1.29 is 13.2 Å². The number of nitrogens with one attached hydrogen (secondary N) is 1. The Kier molecular flexibility index (Phi) is 4.45. The number of hydrogen-bond donors (Lipinski definition) is 1. The Bertz CT molecular complexity index is 814. The van der Waals surface area contributed by atoms with Gasteiger partial charge in [-0.15, -0.1) is 0 Å². The minimum Gasteiger partial charge on any atom is -0.376 e. The van der Waals surface area contributed by atoms with Gasteiger partial charge in [0.2, 0.25) is 10.0 Å². The molecule has 0 amide bonds. The lowest BCUT2D eigenvalue weighted by atomic mass is 9.93. The summed E-state index contributed by atoms with van der Waals surface area (Å²) in [4.78, 5) is 4.61. The molecule has 2 aromatic rings. The molecule has 0 saturated carbocycles. The number of ether oxygens (including phenoxy) is 1. The molecule has 3 heterocycles. The summed E-state index contributed by atoms with van der Waals surface area (Å²) in [6.45, 7) is 2.34. The van der Waals surface area contributed by atoms with E-state index in [1.54, 1.807) is 34.8 Å². The predicted octanol–water partition coefficient (Wildman–Crippen LogP) is 1.83. The van der Waals surface area contributed by atoms with Crippen LogP contribution >= 0.6 is 0 Å². The molecule has 0 spiro atoms. The molecule has 25 heavy (non-hydrogen) atoms. The minimum absolute atomic E-state index is 0.0194. The summed E-state index contributed by atoms with van der Waals surface area (Å²) in [5.74, 6) is 1.33. The molecule has 2 aliphatic heterocycles. The van der Waals surface area contributed by atoms with Crippen molar-refractivity contribution in [1.82, 2.24) is 9.29 Å². The normalized spacial score (nSPS) is 26.5. The van der Waals surface area contributed by atoms with E-state index in [0.717, 1.165) is 12.4 Å². The monoisotopic (exact) mass is 359 g/mol. The molecule has 0 unspecified atom stereocenters. The van der Waals surface area contributed by atoms with Gasteiger partial charge in [-0.3, -0.25) is 0 Å². The third-order valence-electron chi connectivity index (χ3n) is 5.00. The van der Waals surface area contributed by atoms with Crippen molar-refractivity contribution in [1.29, 1.82) is 0 Å². The first-order valence-corrected chi connectivity index (χ1v) is 9.90. The first-order chi connectivity index (χ1) is 12.1. The molecule has 1 aromatic heterocycles. The zero-order valence-corrected chi connectivity index (χ0v) is 14.6. The van der Waals surface area contributed by atoms with Crippen molar-refractivity contribution in [3.63, 3.8) is 0 Å². The maximum atomic E-state index is 12.8. The van der Waals surface area contributed by atoms with Crippen LogP contribution in [0, 0.1) is 11.8 Å². The molecule has 132 valence electrons. The number of anilines is 1. The molecule has 7 heteroatoms. The van der Waals surface area contributed by atoms with Crippen LogP contribution in [0.4, 0.5) is 5.82 Å². The fourth-order valence-electron chi connectivity index (χ4n) is 3.61. The largest absolute Gasteiger partial charge is 0.376 e. The number of hydrogen-bond acceptors (Lipinski definition) is 5. The van der Waals surface area contributed by atoms with Gasteiger partial charge in [0.25, 0.3) is 0 Å². The predicted molar refractivity (Wildman–Crippen MR) is 94.6 cm³/mol. The average Bonchev–Trinajstić information content (AvgIpc) is 3.23. The van der Waals surface area contributed by atoms with Gasteiger partial charge < -0.3 is 10.1 Å². The highest BCUT2D eigenvalue weighted by molar-refractivity contribution is 7.89. The van der Waals surface area contributed by atoms with Crippen LogP contribution in [0.3, 0.4) is 0 Å². The second kappa shape index (κ2) is 6.74. The number of fused-ring (bicyclic) bond motifs is 1. The Morgan fingerprint density at radius 1 is 1.12 bits per heavy atom. The Hall–Kier alpha value is -1.96. The van der Waals surface area contributed by atoms with Crippen LogP contribution in [0.15, 0.2) is 59.6 Å². The molecule has 6 nitrogen and oxygen atoms in total. The highest BCUT2D eigenvalue weighted by Gasteiger charge is 2.47. The highest BCUT2D eigenvalue weighted by Crippen LogP contribution is 2.36. The average molecular weight is 359 g/mol. The molecule has 0 aliphatic carbocycles. The molecule has 1 aromatic carbocycles. The van der Waals surface area contributed by atoms with E-state index in [0.29, 0.717) is 24.6 Å². The summed E-state index contributed by atoms with van der Waals surface area (Å²) < 4.78 is 33.0. The molecule has 0 bridgehead atoms. The van der Waals surface area contributed by atoms with Gasteiger partial charge in [-0.25, -0.2) is 13.4 Å². The molecule has 2 saturated heterocycles. The van der Waals surface area contributed by atoms with Crippen molar-refractivity contribution in [3.05, 3.63) is 54.7 Å². The van der Waals surface area contributed by atoms with Crippen LogP contribution in [0.5, 0.6) is 0 Å². The highest BCUT2D eigenvalue weighted by atomic mass is 32.2. The second-order valence-electron chi connectivity index (χ2n) is 6.53. The van der Waals surface area contributed by atoms with Gasteiger partial charge in [0.15, 0.2) is 0 Å². The summed E-state index contributed by atoms with van der Waals surface area (Å²) in [6.07, 6.45) is 1.73. The first-order valence-electron chi connectivity index (χ1n) is 8.46. The van der Waals surface area contributed by atoms with Gasteiger partial charge in [0.1, 0.15) is 5.82 Å². The quantitative estimate of drug-likeness (QED) is 0.882. The smallest absolute Gasteiger partial charge is 0.243 e. The molecule has 2 fully saturated rings. The van der Waals surface area contributed by atoms with Crippen LogP contribution in [-0.2, 0) is 14.8 Å². The van der Waals surface area contributed by atoms with Gasteiger partial charge in [-0.05, 0) is 24.3 Å². The second-order valence-corrected chi connectivity index (χ2v) is 8.46. The fourth-order valence-corrected chi connectivity index (χ4v) is 5.12. The van der Waals surface area contributed by atoms with E-state index in [-0.39, 0.29) is 17.9 Å². The SMILES string of the molecule is O=S(=O)(c1ccccc1)N1C[C@@H]2[C@@H](CNc3ccccn3)CO[C@@H]2C1. The minimum atomic E-state index is -3.45. The lowest BCUT2D eigenvalue weighted by molar-refractivity contribution is 0.104. The topological polar surface area (TPSA) is 71.5 Å². The maximum absolute atomic E-state index is 12.8. The number of nitrogens with zero attached hydrogens (tertiary/aromatic N) is 2. The van der Waals surface area contributed by atoms with Crippen LogP contribution < -0.4 is 5.32 Å². The third kappa shape index (κ3) is 3.27. The fraction of sp³-hybridized carbons (Fsp3) is 0.389. The number of rotatable bonds is 5. The van der Waals surface area contributed by atoms with E-state index in [1.807, 2.05) is 24.3 Å². The maximum Gasteiger partial charge on any atom is 0.243 e. The van der Waals surface area contributed by atoms with Gasteiger partial charge in [-0.1, -0.05) is 24.3 Å². The Morgan fingerprint density at radius 2 is 1.92 bits per heavy atom. The van der Waals surface area contributed by atoms with E-state index in [2.05, 4.69) is 10.3 Å². The molecule has 1 N–H and O–H groups in total. The number of sulfonamides is 1. The molecular weight excluding hydrogens is 338 g/mol. The molecule has 4 rings (SSSR count). The van der Waals surface area contributed by atoms with E-state index >= 15 is 0 Å². The molecule has 3 atom stereocenters. The van der Waals surface area contributed by atoms with Gasteiger partial charge in [0, 0.05) is 37.7 Å². The number of pyridine rings is 1. The van der Waals surface area contributed by atoms with Crippen molar-refractivity contribution in [2.45, 2.75) is 11.0 Å². The lowest BCUT2D eigenvalue weighted by Crippen LogP contribution is -2.32. The standard InChI is InChI=1S/C18H21N3O3S/c22-25(23,15-6-2-1-3-7-15)21-11-16-14(13-24-17(16)12-21)10-20-18-8-4-5-9-19-18/h1-9,14,16-17H,10-13H2,(H,19,20)/t14-,16+,17+/m0/s1. The van der Waals surface area contributed by atoms with Crippen molar-refractivity contribution in [2.24, 2.45) is 11.8 Å². The zero-order valence-electron chi connectivity index (χ0n) is 13.8. The summed E-state index contributed by atoms with van der Waals surface area (Å²) in [5, 5.41) is 3.33. The van der Waals surface area contributed by atoms with E-state index in [9.17, 15) is 8.42 Å². The van der Waals surface area contributed by atoms with Crippen LogP contribution in [0.25, 0.3) is 0 Å². The summed E-state index contributed by atoms with van der Waals surface area (Å²) in [6, 6.07) is 14.3. The lowest BCUT2D eigenvalue weighted by Gasteiger charge is -2.20. The van der Waals surface area contributed by atoms with Gasteiger partial charge in [0.05, 0.1) is 17.6 Å². The Morgan fingerprint density at radius 3 is 2.68 bits per heavy atom. The summed E-state index contributed by atoms with van der Waals surface area (Å²) in [7, 11) is -3.45. The molecular formula is C18H21N3O3S. The molecule has 0 radical (unpaired) electrons. The van der Waals surface area contributed by atoms with Crippen LogP contribution in [-0.4, -0.2) is 50.1 Å². The van der Waals surface area contributed by atoms with Crippen LogP contribution in [0.1, 0.15) is 0 Å². The zero-order chi connectivity index (χ0) is 17.3. The number of aromatic nitrogens is 1. The number of benzene rings is 1. The molecule has 2 aliphatic rings. The first kappa shape index (κ1) is 16.5. The summed E-state index contributed by atoms with van der Waals surface area (Å²) >= 11 is 0. The van der Waals surface area contributed by atoms with E-state index in [4.69, 9.17) is 4.74 Å². The Labute approximate surface area is 147 Å². The van der Waals surface area contributed by atoms with E-state index in [1.165, 1.54) is 0 Å². The van der Waals surface area contributed by atoms with Crippen molar-refractivity contribution in [3.8, 4) is 0 Å². The van der Waals surface area contributed by atoms with Crippen LogP contribution in [0.2, 0.25) is 0 Å². The third-order valence-corrected chi connectivity index (χ3v) is 6.84. The van der Waals surface area contributed by atoms with Crippen molar-refractivity contribution in [2.75, 3.05) is 31.6 Å². The summed E-state index contributed by atoms with van der Waals surface area (Å²) in [5.41, 5.74) is 0. The van der Waals surface area contributed by atoms with Crippen molar-refractivity contribution >= 4 is 15.8 Å². The van der Waals surface area contributed by atoms with E-state index < -0.39 is 10.0 Å². The van der Waals surface area contributed by atoms with Gasteiger partial charge >= 0.3 is 0 Å². The van der Waals surface area contributed by atoms with Gasteiger partial charge in [-0.2, -0.15) is 4.31 Å². The Balaban J connectivity index is 1.43.